The molecule has 5 heterocycles. The number of rotatable bonds is 5. The number of benzene rings is 2. The highest BCUT2D eigenvalue weighted by atomic mass is 19.3. The van der Waals surface area contributed by atoms with E-state index in [2.05, 4.69) is 20.3 Å². The minimum Gasteiger partial charge on any atom is -0.378 e. The monoisotopic (exact) mass is 569 g/mol. The number of halogens is 2. The molecule has 5 aromatic rings. The van der Waals surface area contributed by atoms with Crippen molar-refractivity contribution in [1.82, 2.24) is 29.7 Å². The lowest BCUT2D eigenvalue weighted by molar-refractivity contribution is -0.135. The fourth-order valence-corrected chi connectivity index (χ4v) is 5.48. The van der Waals surface area contributed by atoms with Gasteiger partial charge < -0.3 is 14.5 Å². The van der Waals surface area contributed by atoms with Gasteiger partial charge in [-0.3, -0.25) is 14.6 Å². The van der Waals surface area contributed by atoms with Crippen molar-refractivity contribution in [2.75, 3.05) is 37.7 Å². The lowest BCUT2D eigenvalue weighted by atomic mass is 9.97. The second-order valence-electron chi connectivity index (χ2n) is 10.3. The Balaban J connectivity index is 1.20. The molecule has 1 saturated heterocycles. The number of carbonyl (C=O) groups is 2. The Morgan fingerprint density at radius 2 is 1.83 bits per heavy atom. The zero-order valence-corrected chi connectivity index (χ0v) is 22.4. The molecule has 0 spiro atoms. The quantitative estimate of drug-likeness (QED) is 0.318. The Morgan fingerprint density at radius 3 is 2.69 bits per heavy atom. The number of fused-ring (bicyclic) bond motifs is 3. The van der Waals surface area contributed by atoms with E-state index >= 15 is 8.78 Å². The molecule has 12 heteroatoms. The summed E-state index contributed by atoms with van der Waals surface area (Å²) in [6.45, 7) is 1.93. The number of aromatic nitrogens is 5. The second kappa shape index (κ2) is 10.2. The maximum absolute atomic E-state index is 15.8. The predicted octanol–water partition coefficient (Wildman–Crippen LogP) is 3.62. The molecule has 0 N–H and O–H groups in total. The first-order valence-corrected chi connectivity index (χ1v) is 13.6. The van der Waals surface area contributed by atoms with Gasteiger partial charge in [-0.15, -0.1) is 10.2 Å². The van der Waals surface area contributed by atoms with Crippen LogP contribution in [0.5, 0.6) is 0 Å². The fourth-order valence-electron chi connectivity index (χ4n) is 5.48. The number of nitrogens with zero attached hydrogens (tertiary/aromatic N) is 7. The highest BCUT2D eigenvalue weighted by molar-refractivity contribution is 6.01. The minimum absolute atomic E-state index is 0.0423. The van der Waals surface area contributed by atoms with E-state index in [1.807, 2.05) is 6.07 Å². The van der Waals surface area contributed by atoms with Gasteiger partial charge in [-0.05, 0) is 54.4 Å². The predicted molar refractivity (Wildman–Crippen MR) is 149 cm³/mol. The number of carbonyl (C=O) groups excluding carboxylic acids is 2. The SMILES string of the molecule is O=C(CN1C(=O)CCc2cc(-c3ccc4nnc(C(F)(F)c5ccc6ncccc6c5)n4n3)ccc21)N1CCOCC1. The van der Waals surface area contributed by atoms with Gasteiger partial charge in [-0.1, -0.05) is 18.2 Å². The molecule has 1 fully saturated rings. The van der Waals surface area contributed by atoms with Crippen molar-refractivity contribution < 1.29 is 23.1 Å². The molecule has 2 aliphatic heterocycles. The first-order valence-electron chi connectivity index (χ1n) is 13.6. The van der Waals surface area contributed by atoms with Crippen molar-refractivity contribution in [3.8, 4) is 11.3 Å². The Bertz CT molecular complexity index is 1850. The third-order valence-electron chi connectivity index (χ3n) is 7.74. The van der Waals surface area contributed by atoms with Gasteiger partial charge >= 0.3 is 5.92 Å². The molecule has 0 bridgehead atoms. The molecule has 2 amide bonds. The van der Waals surface area contributed by atoms with Crippen molar-refractivity contribution in [1.29, 1.82) is 0 Å². The first-order chi connectivity index (χ1) is 20.4. The van der Waals surface area contributed by atoms with Gasteiger partial charge in [0, 0.05) is 47.9 Å². The summed E-state index contributed by atoms with van der Waals surface area (Å²) in [4.78, 5) is 33.1. The van der Waals surface area contributed by atoms with Gasteiger partial charge in [-0.2, -0.15) is 18.4 Å². The summed E-state index contributed by atoms with van der Waals surface area (Å²) in [5.74, 6) is -4.31. The molecule has 0 aliphatic carbocycles. The van der Waals surface area contributed by atoms with Crippen LogP contribution in [-0.2, 0) is 26.7 Å². The third kappa shape index (κ3) is 4.53. The standard InChI is InChI=1S/C30H25F2N7O3/c31-30(32,22-5-6-23-19(17-22)2-1-11-33-23)29-35-34-26-9-7-24(36-39(26)29)20-3-8-25-21(16-20)4-10-27(40)38(25)18-28(41)37-12-14-42-15-13-37/h1-3,5-9,11,16-17H,4,10,12-15,18H2. The van der Waals surface area contributed by atoms with Crippen LogP contribution in [0.25, 0.3) is 27.8 Å². The van der Waals surface area contributed by atoms with Gasteiger partial charge in [-0.25, -0.2) is 0 Å². The zero-order chi connectivity index (χ0) is 28.8. The average molecular weight is 570 g/mol. The van der Waals surface area contributed by atoms with Crippen LogP contribution in [0.1, 0.15) is 23.4 Å². The van der Waals surface area contributed by atoms with E-state index < -0.39 is 11.7 Å². The number of morpholine rings is 1. The Hall–Kier alpha value is -4.84. The molecule has 3 aromatic heterocycles. The third-order valence-corrected chi connectivity index (χ3v) is 7.74. The molecule has 212 valence electrons. The average Bonchev–Trinajstić information content (AvgIpc) is 3.46. The number of alkyl halides is 2. The molecule has 0 unspecified atom stereocenters. The lowest BCUT2D eigenvalue weighted by Gasteiger charge is -2.33. The van der Waals surface area contributed by atoms with Crippen LogP contribution in [0.2, 0.25) is 0 Å². The molecule has 2 aliphatic rings. The molecular weight excluding hydrogens is 544 g/mol. The van der Waals surface area contributed by atoms with Gasteiger partial charge in [0.05, 0.1) is 24.4 Å². The summed E-state index contributed by atoms with van der Waals surface area (Å²) in [7, 11) is 0. The molecule has 2 aromatic carbocycles. The van der Waals surface area contributed by atoms with Crippen molar-refractivity contribution in [3.63, 3.8) is 0 Å². The van der Waals surface area contributed by atoms with Crippen LogP contribution in [0.15, 0.2) is 66.9 Å². The summed E-state index contributed by atoms with van der Waals surface area (Å²) >= 11 is 0. The van der Waals surface area contributed by atoms with E-state index in [0.717, 1.165) is 10.1 Å². The first kappa shape index (κ1) is 26.1. The van der Waals surface area contributed by atoms with Crippen LogP contribution < -0.4 is 4.90 Å². The summed E-state index contributed by atoms with van der Waals surface area (Å²) < 4.78 is 38.0. The van der Waals surface area contributed by atoms with Crippen molar-refractivity contribution in [2.45, 2.75) is 18.8 Å². The highest BCUT2D eigenvalue weighted by Crippen LogP contribution is 2.36. The minimum atomic E-state index is -3.47. The Morgan fingerprint density at radius 1 is 0.976 bits per heavy atom. The molecule has 0 atom stereocenters. The van der Waals surface area contributed by atoms with Crippen LogP contribution in [0.4, 0.5) is 14.5 Å². The summed E-state index contributed by atoms with van der Waals surface area (Å²) in [6, 6.07) is 16.4. The summed E-state index contributed by atoms with van der Waals surface area (Å²) in [5, 5.41) is 12.8. The van der Waals surface area contributed by atoms with Crippen molar-refractivity contribution in [2.24, 2.45) is 0 Å². The maximum atomic E-state index is 15.8. The van der Waals surface area contributed by atoms with E-state index in [1.54, 1.807) is 53.6 Å². The lowest BCUT2D eigenvalue weighted by Crippen LogP contribution is -2.48. The number of amides is 2. The second-order valence-corrected chi connectivity index (χ2v) is 10.3. The largest absolute Gasteiger partial charge is 0.378 e. The number of pyridine rings is 1. The number of hydrogen-bond donors (Lipinski definition) is 0. The van der Waals surface area contributed by atoms with Crippen molar-refractivity contribution >= 4 is 34.1 Å². The van der Waals surface area contributed by atoms with Crippen LogP contribution >= 0.6 is 0 Å². The molecule has 0 saturated carbocycles. The summed E-state index contributed by atoms with van der Waals surface area (Å²) in [6.07, 6.45) is 2.38. The van der Waals surface area contributed by atoms with E-state index in [-0.39, 0.29) is 36.0 Å². The molecule has 7 rings (SSSR count). The van der Waals surface area contributed by atoms with Crippen LogP contribution in [0, 0.1) is 0 Å². The van der Waals surface area contributed by atoms with Gasteiger partial charge in [0.2, 0.25) is 17.6 Å². The number of ether oxygens (including phenoxy) is 1. The molecule has 0 radical (unpaired) electrons. The topological polar surface area (TPSA) is 106 Å². The van der Waals surface area contributed by atoms with Crippen LogP contribution in [0.3, 0.4) is 0 Å². The number of hydrogen-bond acceptors (Lipinski definition) is 7. The Kier molecular flexibility index (Phi) is 6.34. The van der Waals surface area contributed by atoms with E-state index in [9.17, 15) is 9.59 Å². The van der Waals surface area contributed by atoms with Crippen molar-refractivity contribution in [3.05, 3.63) is 83.8 Å². The Labute approximate surface area is 238 Å². The fraction of sp³-hybridized carbons (Fsp3) is 0.267. The summed E-state index contributed by atoms with van der Waals surface area (Å²) in [5.41, 5.74) is 3.23. The molecular formula is C30H25F2N7O3. The highest BCUT2D eigenvalue weighted by Gasteiger charge is 2.40. The van der Waals surface area contributed by atoms with Gasteiger partial charge in [0.15, 0.2) is 5.65 Å². The number of anilines is 1. The maximum Gasteiger partial charge on any atom is 0.333 e. The van der Waals surface area contributed by atoms with Crippen LogP contribution in [-0.4, -0.2) is 74.4 Å². The zero-order valence-electron chi connectivity index (χ0n) is 22.4. The molecule has 10 nitrogen and oxygen atoms in total. The van der Waals surface area contributed by atoms with E-state index in [4.69, 9.17) is 4.74 Å². The number of aryl methyl sites for hydroxylation is 1. The van der Waals surface area contributed by atoms with Gasteiger partial charge in [0.1, 0.15) is 6.54 Å². The van der Waals surface area contributed by atoms with E-state index in [1.165, 1.54) is 17.0 Å². The van der Waals surface area contributed by atoms with E-state index in [0.29, 0.717) is 60.6 Å². The molecule has 42 heavy (non-hydrogen) atoms. The smallest absolute Gasteiger partial charge is 0.333 e. The normalized spacial score (nSPS) is 15.8. The van der Waals surface area contributed by atoms with Gasteiger partial charge in [0.25, 0.3) is 0 Å².